The molecule has 1 aliphatic carbocycles. The number of amides is 2. The Balaban J connectivity index is 1.74. The third-order valence-corrected chi connectivity index (χ3v) is 3.59. The summed E-state index contributed by atoms with van der Waals surface area (Å²) in [5, 5.41) is 14.5. The molecule has 0 aliphatic heterocycles. The first kappa shape index (κ1) is 13.4. The summed E-state index contributed by atoms with van der Waals surface area (Å²) >= 11 is 0. The molecule has 0 radical (unpaired) electrons. The molecule has 0 bridgehead atoms. The van der Waals surface area contributed by atoms with E-state index in [1.807, 2.05) is 30.3 Å². The summed E-state index contributed by atoms with van der Waals surface area (Å²) in [5.74, 6) is 0.514. The average molecular weight is 257 g/mol. The number of para-hydroxylation sites is 1. The van der Waals surface area contributed by atoms with E-state index >= 15 is 0 Å². The Morgan fingerprint density at radius 3 is 2.53 bits per heavy atom. The van der Waals surface area contributed by atoms with Gasteiger partial charge in [0, 0.05) is 18.2 Å². The molecule has 0 heterocycles. The van der Waals surface area contributed by atoms with E-state index in [4.69, 9.17) is 5.26 Å². The van der Waals surface area contributed by atoms with Gasteiger partial charge in [0.05, 0.1) is 6.07 Å². The maximum atomic E-state index is 11.8. The zero-order valence-corrected chi connectivity index (χ0v) is 10.9. The van der Waals surface area contributed by atoms with Gasteiger partial charge in [-0.15, -0.1) is 0 Å². The molecule has 1 saturated carbocycles. The first-order valence-electron chi connectivity index (χ1n) is 6.77. The van der Waals surface area contributed by atoms with Crippen LogP contribution in [0.25, 0.3) is 0 Å². The van der Waals surface area contributed by atoms with Gasteiger partial charge in [-0.05, 0) is 43.7 Å². The van der Waals surface area contributed by atoms with Crippen LogP contribution in [0.4, 0.5) is 10.5 Å². The van der Waals surface area contributed by atoms with E-state index in [1.54, 1.807) is 0 Å². The van der Waals surface area contributed by atoms with E-state index < -0.39 is 0 Å². The number of benzene rings is 1. The summed E-state index contributed by atoms with van der Waals surface area (Å²) in [6, 6.07) is 11.7. The van der Waals surface area contributed by atoms with Crippen LogP contribution < -0.4 is 10.6 Å². The van der Waals surface area contributed by atoms with Gasteiger partial charge in [0.2, 0.25) is 0 Å². The highest BCUT2D eigenvalue weighted by Gasteiger charge is 2.22. The molecule has 100 valence electrons. The van der Waals surface area contributed by atoms with Gasteiger partial charge in [-0.3, -0.25) is 0 Å². The number of rotatable bonds is 3. The minimum absolute atomic E-state index is 0.144. The first-order chi connectivity index (χ1) is 9.28. The molecule has 1 aromatic rings. The molecule has 2 N–H and O–H groups in total. The highest BCUT2D eigenvalue weighted by molar-refractivity contribution is 5.89. The van der Waals surface area contributed by atoms with E-state index in [9.17, 15) is 4.79 Å². The molecule has 1 fully saturated rings. The average Bonchev–Trinajstić information content (AvgIpc) is 2.42. The summed E-state index contributed by atoms with van der Waals surface area (Å²) < 4.78 is 0. The van der Waals surface area contributed by atoms with E-state index in [0.717, 1.165) is 31.4 Å². The standard InChI is InChI=1S/C15H19N3O/c16-11-10-12-6-8-14(9-7-12)18-15(19)17-13-4-2-1-3-5-13/h1-5,12,14H,6-10H2,(H2,17,18,19). The van der Waals surface area contributed by atoms with E-state index in [0.29, 0.717) is 12.3 Å². The third-order valence-electron chi connectivity index (χ3n) is 3.59. The molecule has 0 unspecified atom stereocenters. The predicted molar refractivity (Wildman–Crippen MR) is 74.6 cm³/mol. The molecule has 0 saturated heterocycles. The van der Waals surface area contributed by atoms with Crippen molar-refractivity contribution in [3.63, 3.8) is 0 Å². The lowest BCUT2D eigenvalue weighted by molar-refractivity contribution is 0.238. The Hall–Kier alpha value is -2.02. The van der Waals surface area contributed by atoms with Crippen molar-refractivity contribution in [1.82, 2.24) is 5.32 Å². The summed E-state index contributed by atoms with van der Waals surface area (Å²) in [4.78, 5) is 11.8. The highest BCUT2D eigenvalue weighted by atomic mass is 16.2. The normalized spacial score (nSPS) is 22.3. The van der Waals surface area contributed by atoms with E-state index in [2.05, 4.69) is 16.7 Å². The molecule has 2 rings (SSSR count). The monoisotopic (exact) mass is 257 g/mol. The lowest BCUT2D eigenvalue weighted by Crippen LogP contribution is -2.40. The summed E-state index contributed by atoms with van der Waals surface area (Å²) in [6.07, 6.45) is 4.64. The molecule has 2 amide bonds. The van der Waals surface area contributed by atoms with E-state index in [-0.39, 0.29) is 12.1 Å². The Kier molecular flexibility index (Phi) is 4.79. The van der Waals surface area contributed by atoms with Crippen LogP contribution in [0.5, 0.6) is 0 Å². The number of hydrogen-bond acceptors (Lipinski definition) is 2. The number of hydrogen-bond donors (Lipinski definition) is 2. The number of nitrogens with zero attached hydrogens (tertiary/aromatic N) is 1. The fraction of sp³-hybridized carbons (Fsp3) is 0.467. The second-order valence-corrected chi connectivity index (χ2v) is 5.04. The SMILES string of the molecule is N#CCC1CCC(NC(=O)Nc2ccccc2)CC1. The molecule has 0 spiro atoms. The molecule has 1 aliphatic rings. The van der Waals surface area contributed by atoms with Crippen LogP contribution in [0, 0.1) is 17.2 Å². The lowest BCUT2D eigenvalue weighted by atomic mass is 9.84. The van der Waals surface area contributed by atoms with Crippen LogP contribution in [0.3, 0.4) is 0 Å². The lowest BCUT2D eigenvalue weighted by Gasteiger charge is -2.27. The Morgan fingerprint density at radius 1 is 1.21 bits per heavy atom. The van der Waals surface area contributed by atoms with Crippen molar-refractivity contribution in [3.05, 3.63) is 30.3 Å². The van der Waals surface area contributed by atoms with Crippen LogP contribution in [-0.2, 0) is 0 Å². The largest absolute Gasteiger partial charge is 0.335 e. The van der Waals surface area contributed by atoms with Crippen LogP contribution in [0.2, 0.25) is 0 Å². The second kappa shape index (κ2) is 6.79. The zero-order valence-electron chi connectivity index (χ0n) is 10.9. The zero-order chi connectivity index (χ0) is 13.5. The number of anilines is 1. The van der Waals surface area contributed by atoms with Gasteiger partial charge in [0.25, 0.3) is 0 Å². The van der Waals surface area contributed by atoms with Crippen molar-refractivity contribution in [2.24, 2.45) is 5.92 Å². The van der Waals surface area contributed by atoms with Gasteiger partial charge in [-0.1, -0.05) is 18.2 Å². The minimum Gasteiger partial charge on any atom is -0.335 e. The molecule has 0 atom stereocenters. The number of carbonyl (C=O) groups excluding carboxylic acids is 1. The summed E-state index contributed by atoms with van der Waals surface area (Å²) in [7, 11) is 0. The van der Waals surface area contributed by atoms with Gasteiger partial charge >= 0.3 is 6.03 Å². The Bertz CT molecular complexity index is 444. The van der Waals surface area contributed by atoms with Crippen LogP contribution >= 0.6 is 0 Å². The number of nitriles is 1. The maximum absolute atomic E-state index is 11.8. The van der Waals surface area contributed by atoms with Crippen molar-refractivity contribution in [1.29, 1.82) is 5.26 Å². The second-order valence-electron chi connectivity index (χ2n) is 5.04. The molecule has 0 aromatic heterocycles. The van der Waals surface area contributed by atoms with Gasteiger partial charge < -0.3 is 10.6 Å². The van der Waals surface area contributed by atoms with Crippen molar-refractivity contribution < 1.29 is 4.79 Å². The van der Waals surface area contributed by atoms with Gasteiger partial charge in [0.15, 0.2) is 0 Å². The van der Waals surface area contributed by atoms with Crippen LogP contribution in [0.15, 0.2) is 30.3 Å². The smallest absolute Gasteiger partial charge is 0.319 e. The van der Waals surface area contributed by atoms with E-state index in [1.165, 1.54) is 0 Å². The highest BCUT2D eigenvalue weighted by Crippen LogP contribution is 2.26. The number of nitrogens with one attached hydrogen (secondary N) is 2. The third kappa shape index (κ3) is 4.29. The molecule has 4 nitrogen and oxygen atoms in total. The Morgan fingerprint density at radius 2 is 1.89 bits per heavy atom. The quantitative estimate of drug-likeness (QED) is 0.872. The topological polar surface area (TPSA) is 64.9 Å². The molecular formula is C15H19N3O. The van der Waals surface area contributed by atoms with Gasteiger partial charge in [0.1, 0.15) is 0 Å². The van der Waals surface area contributed by atoms with Crippen molar-refractivity contribution in [3.8, 4) is 6.07 Å². The Labute approximate surface area is 113 Å². The van der Waals surface area contributed by atoms with Crippen molar-refractivity contribution in [2.75, 3.05) is 5.32 Å². The number of carbonyl (C=O) groups is 1. The molecule has 1 aromatic carbocycles. The van der Waals surface area contributed by atoms with Gasteiger partial charge in [-0.2, -0.15) is 5.26 Å². The molecule has 4 heteroatoms. The van der Waals surface area contributed by atoms with Crippen LogP contribution in [-0.4, -0.2) is 12.1 Å². The van der Waals surface area contributed by atoms with Crippen LogP contribution in [0.1, 0.15) is 32.1 Å². The minimum atomic E-state index is -0.144. The fourth-order valence-electron chi connectivity index (χ4n) is 2.51. The van der Waals surface area contributed by atoms with Crippen molar-refractivity contribution in [2.45, 2.75) is 38.1 Å². The predicted octanol–water partition coefficient (Wildman–Crippen LogP) is 3.28. The van der Waals surface area contributed by atoms with Gasteiger partial charge in [-0.25, -0.2) is 4.79 Å². The number of urea groups is 1. The molecule has 19 heavy (non-hydrogen) atoms. The summed E-state index contributed by atoms with van der Waals surface area (Å²) in [6.45, 7) is 0. The summed E-state index contributed by atoms with van der Waals surface area (Å²) in [5.41, 5.74) is 0.804. The van der Waals surface area contributed by atoms with Crippen molar-refractivity contribution >= 4 is 11.7 Å². The fourth-order valence-corrected chi connectivity index (χ4v) is 2.51. The molecular weight excluding hydrogens is 238 g/mol. The maximum Gasteiger partial charge on any atom is 0.319 e. The first-order valence-corrected chi connectivity index (χ1v) is 6.77.